The molecule has 0 spiro atoms. The smallest absolute Gasteiger partial charge is 0.263 e. The second-order valence-corrected chi connectivity index (χ2v) is 5.07. The van der Waals surface area contributed by atoms with Crippen LogP contribution >= 0.6 is 11.6 Å². The summed E-state index contributed by atoms with van der Waals surface area (Å²) in [5.74, 6) is 1.18. The highest BCUT2D eigenvalue weighted by atomic mass is 35.5. The van der Waals surface area contributed by atoms with E-state index < -0.39 is 0 Å². The average molecular weight is 318 g/mol. The fourth-order valence-electron chi connectivity index (χ4n) is 1.97. The molecule has 22 heavy (non-hydrogen) atoms. The molecule has 1 aromatic carbocycles. The van der Waals surface area contributed by atoms with Crippen molar-refractivity contribution in [2.45, 2.75) is 6.92 Å². The van der Waals surface area contributed by atoms with E-state index in [1.165, 1.54) is 0 Å². The van der Waals surface area contributed by atoms with E-state index in [9.17, 15) is 4.79 Å². The SMILES string of the molecule is Cc1cc(NC(=O)COc2ccnc3ccc(Cl)cc23)no1. The fraction of sp³-hybridized carbons (Fsp3) is 0.133. The average Bonchev–Trinajstić information content (AvgIpc) is 2.90. The van der Waals surface area contributed by atoms with E-state index in [1.807, 2.05) is 0 Å². The van der Waals surface area contributed by atoms with Crippen molar-refractivity contribution in [1.29, 1.82) is 0 Å². The summed E-state index contributed by atoms with van der Waals surface area (Å²) in [5.41, 5.74) is 0.745. The first-order valence-electron chi connectivity index (χ1n) is 6.52. The van der Waals surface area contributed by atoms with Crippen molar-refractivity contribution in [2.24, 2.45) is 0 Å². The molecule has 0 atom stereocenters. The number of carbonyl (C=O) groups is 1. The molecule has 0 aliphatic carbocycles. The lowest BCUT2D eigenvalue weighted by molar-refractivity contribution is -0.118. The first-order chi connectivity index (χ1) is 10.6. The first kappa shape index (κ1) is 14.3. The summed E-state index contributed by atoms with van der Waals surface area (Å²) in [4.78, 5) is 16.1. The van der Waals surface area contributed by atoms with Crippen LogP contribution in [0.2, 0.25) is 5.02 Å². The Labute approximate surface area is 131 Å². The zero-order valence-corrected chi connectivity index (χ0v) is 12.4. The van der Waals surface area contributed by atoms with Crippen molar-refractivity contribution in [3.05, 3.63) is 47.3 Å². The van der Waals surface area contributed by atoms with Gasteiger partial charge < -0.3 is 14.6 Å². The molecule has 0 bridgehead atoms. The van der Waals surface area contributed by atoms with Crippen LogP contribution in [-0.4, -0.2) is 22.7 Å². The Bertz CT molecular complexity index is 832. The Morgan fingerprint density at radius 2 is 2.23 bits per heavy atom. The molecule has 112 valence electrons. The van der Waals surface area contributed by atoms with Gasteiger partial charge in [-0.3, -0.25) is 9.78 Å². The molecular weight excluding hydrogens is 306 g/mol. The highest BCUT2D eigenvalue weighted by Crippen LogP contribution is 2.26. The Balaban J connectivity index is 1.71. The number of halogens is 1. The van der Waals surface area contributed by atoms with Gasteiger partial charge in [0, 0.05) is 22.7 Å². The van der Waals surface area contributed by atoms with Crippen molar-refractivity contribution in [1.82, 2.24) is 10.1 Å². The molecule has 0 fully saturated rings. The van der Waals surface area contributed by atoms with Gasteiger partial charge in [-0.15, -0.1) is 0 Å². The second kappa shape index (κ2) is 6.03. The van der Waals surface area contributed by atoms with Gasteiger partial charge in [0.05, 0.1) is 5.52 Å². The van der Waals surface area contributed by atoms with E-state index in [4.69, 9.17) is 20.9 Å². The van der Waals surface area contributed by atoms with Crippen LogP contribution in [0.25, 0.3) is 10.9 Å². The number of benzene rings is 1. The van der Waals surface area contributed by atoms with Gasteiger partial charge in [0.1, 0.15) is 11.5 Å². The quantitative estimate of drug-likeness (QED) is 0.799. The van der Waals surface area contributed by atoms with E-state index in [1.54, 1.807) is 43.5 Å². The van der Waals surface area contributed by atoms with E-state index in [2.05, 4.69) is 15.5 Å². The second-order valence-electron chi connectivity index (χ2n) is 4.63. The molecule has 1 amide bonds. The number of hydrogen-bond acceptors (Lipinski definition) is 5. The van der Waals surface area contributed by atoms with Crippen LogP contribution < -0.4 is 10.1 Å². The predicted octanol–water partition coefficient (Wildman–Crippen LogP) is 3.20. The maximum atomic E-state index is 11.8. The molecule has 2 aromatic heterocycles. The summed E-state index contributed by atoms with van der Waals surface area (Å²) in [6.45, 7) is 1.59. The maximum Gasteiger partial charge on any atom is 0.263 e. The Morgan fingerprint density at radius 3 is 3.00 bits per heavy atom. The number of amides is 1. The lowest BCUT2D eigenvalue weighted by atomic mass is 10.2. The van der Waals surface area contributed by atoms with Crippen LogP contribution in [0.3, 0.4) is 0 Å². The highest BCUT2D eigenvalue weighted by Gasteiger charge is 2.09. The summed E-state index contributed by atoms with van der Waals surface area (Å²) in [7, 11) is 0. The number of anilines is 1. The molecular formula is C15H12ClN3O3. The third-order valence-corrected chi connectivity index (χ3v) is 3.15. The molecule has 0 unspecified atom stereocenters. The Hall–Kier alpha value is -2.60. The first-order valence-corrected chi connectivity index (χ1v) is 6.90. The number of nitrogens with zero attached hydrogens (tertiary/aromatic N) is 2. The number of aryl methyl sites for hydroxylation is 1. The predicted molar refractivity (Wildman–Crippen MR) is 82.1 cm³/mol. The number of pyridine rings is 1. The molecule has 0 radical (unpaired) electrons. The van der Waals surface area contributed by atoms with E-state index >= 15 is 0 Å². The summed E-state index contributed by atoms with van der Waals surface area (Å²) in [5, 5.41) is 7.59. The van der Waals surface area contributed by atoms with Gasteiger partial charge in [-0.25, -0.2) is 0 Å². The lowest BCUT2D eigenvalue weighted by Crippen LogP contribution is -2.20. The molecule has 3 aromatic rings. The minimum absolute atomic E-state index is 0.155. The van der Waals surface area contributed by atoms with Gasteiger partial charge >= 0.3 is 0 Å². The van der Waals surface area contributed by atoms with Gasteiger partial charge in [0.15, 0.2) is 12.4 Å². The van der Waals surface area contributed by atoms with Crippen LogP contribution in [0.1, 0.15) is 5.76 Å². The van der Waals surface area contributed by atoms with Gasteiger partial charge in [0.25, 0.3) is 5.91 Å². The van der Waals surface area contributed by atoms with E-state index in [0.29, 0.717) is 22.4 Å². The molecule has 0 aliphatic heterocycles. The van der Waals surface area contributed by atoms with Crippen LogP contribution in [0.4, 0.5) is 5.82 Å². The van der Waals surface area contributed by atoms with Crippen molar-refractivity contribution >= 4 is 34.2 Å². The van der Waals surface area contributed by atoms with Gasteiger partial charge in [-0.05, 0) is 31.2 Å². The third kappa shape index (κ3) is 3.17. The highest BCUT2D eigenvalue weighted by molar-refractivity contribution is 6.31. The fourth-order valence-corrected chi connectivity index (χ4v) is 2.14. The molecule has 6 nitrogen and oxygen atoms in total. The van der Waals surface area contributed by atoms with E-state index in [-0.39, 0.29) is 12.5 Å². The molecule has 7 heteroatoms. The Morgan fingerprint density at radius 1 is 1.36 bits per heavy atom. The largest absolute Gasteiger partial charge is 0.483 e. The zero-order valence-electron chi connectivity index (χ0n) is 11.7. The number of hydrogen-bond donors (Lipinski definition) is 1. The normalized spacial score (nSPS) is 10.6. The van der Waals surface area contributed by atoms with Crippen molar-refractivity contribution in [3.63, 3.8) is 0 Å². The monoisotopic (exact) mass is 317 g/mol. The zero-order chi connectivity index (χ0) is 15.5. The molecule has 0 aliphatic rings. The summed E-state index contributed by atoms with van der Waals surface area (Å²) in [6, 6.07) is 8.60. The van der Waals surface area contributed by atoms with Gasteiger partial charge in [-0.1, -0.05) is 16.8 Å². The molecule has 0 saturated heterocycles. The minimum Gasteiger partial charge on any atom is -0.483 e. The van der Waals surface area contributed by atoms with Crippen molar-refractivity contribution in [2.75, 3.05) is 11.9 Å². The van der Waals surface area contributed by atoms with Crippen LogP contribution in [0, 0.1) is 6.92 Å². The van der Waals surface area contributed by atoms with Gasteiger partial charge in [0.2, 0.25) is 0 Å². The van der Waals surface area contributed by atoms with Gasteiger partial charge in [-0.2, -0.15) is 0 Å². The number of rotatable bonds is 4. The van der Waals surface area contributed by atoms with Crippen LogP contribution in [0.5, 0.6) is 5.75 Å². The topological polar surface area (TPSA) is 77.2 Å². The Kier molecular flexibility index (Phi) is 3.93. The molecule has 0 saturated carbocycles. The maximum absolute atomic E-state index is 11.8. The van der Waals surface area contributed by atoms with Crippen LogP contribution in [0.15, 0.2) is 41.1 Å². The lowest BCUT2D eigenvalue weighted by Gasteiger charge is -2.08. The number of ether oxygens (including phenoxy) is 1. The molecule has 3 rings (SSSR count). The number of aromatic nitrogens is 2. The molecule has 1 N–H and O–H groups in total. The summed E-state index contributed by atoms with van der Waals surface area (Å²) in [6.07, 6.45) is 1.62. The third-order valence-electron chi connectivity index (χ3n) is 2.92. The van der Waals surface area contributed by atoms with Crippen molar-refractivity contribution < 1.29 is 14.1 Å². The summed E-state index contributed by atoms with van der Waals surface area (Å²) < 4.78 is 10.4. The standard InChI is InChI=1S/C15H12ClN3O3/c1-9-6-14(19-22-9)18-15(20)8-21-13-4-5-17-12-3-2-10(16)7-11(12)13/h2-7H,8H2,1H3,(H,18,19,20). The number of carbonyl (C=O) groups excluding carboxylic acids is 1. The van der Waals surface area contributed by atoms with E-state index in [0.717, 1.165) is 10.9 Å². The number of nitrogens with one attached hydrogen (secondary N) is 1. The number of fused-ring (bicyclic) bond motifs is 1. The molecule has 2 heterocycles. The summed E-state index contributed by atoms with van der Waals surface area (Å²) >= 11 is 5.98. The van der Waals surface area contributed by atoms with Crippen LogP contribution in [-0.2, 0) is 4.79 Å². The van der Waals surface area contributed by atoms with Crippen molar-refractivity contribution in [3.8, 4) is 5.75 Å². The minimum atomic E-state index is -0.333.